The average molecular weight is 275 g/mol. The Morgan fingerprint density at radius 2 is 2.20 bits per heavy atom. The van der Waals surface area contributed by atoms with Gasteiger partial charge in [0.25, 0.3) is 5.69 Å². The van der Waals surface area contributed by atoms with Crippen molar-refractivity contribution < 1.29 is 9.72 Å². The van der Waals surface area contributed by atoms with Crippen LogP contribution in [0.25, 0.3) is 0 Å². The van der Waals surface area contributed by atoms with Crippen LogP contribution in [0.5, 0.6) is 0 Å². The van der Waals surface area contributed by atoms with E-state index in [0.717, 1.165) is 19.3 Å². The number of amides is 1. The number of anilines is 2. The Morgan fingerprint density at radius 3 is 2.85 bits per heavy atom. The van der Waals surface area contributed by atoms with Crippen LogP contribution in [0.1, 0.15) is 31.7 Å². The zero-order chi connectivity index (χ0) is 14.3. The molecule has 1 aromatic carbocycles. The summed E-state index contributed by atoms with van der Waals surface area (Å²) in [5.41, 5.74) is 1.95. The van der Waals surface area contributed by atoms with E-state index in [9.17, 15) is 14.9 Å². The second-order valence-corrected chi connectivity index (χ2v) is 5.67. The van der Waals surface area contributed by atoms with Crippen molar-refractivity contribution in [1.29, 1.82) is 0 Å². The zero-order valence-corrected chi connectivity index (χ0v) is 11.3. The first-order valence-electron chi connectivity index (χ1n) is 6.92. The Kier molecular flexibility index (Phi) is 3.08. The van der Waals surface area contributed by atoms with E-state index in [-0.39, 0.29) is 29.0 Å². The normalized spacial score (nSPS) is 24.4. The van der Waals surface area contributed by atoms with Crippen LogP contribution in [-0.4, -0.2) is 16.9 Å². The molecule has 1 aliphatic heterocycles. The Morgan fingerprint density at radius 1 is 1.40 bits per heavy atom. The van der Waals surface area contributed by atoms with Crippen LogP contribution in [0.3, 0.4) is 0 Å². The highest BCUT2D eigenvalue weighted by atomic mass is 16.6. The van der Waals surface area contributed by atoms with Crippen LogP contribution in [0.2, 0.25) is 0 Å². The van der Waals surface area contributed by atoms with Crippen LogP contribution in [0.4, 0.5) is 17.1 Å². The third kappa shape index (κ3) is 2.21. The molecular formula is C14H17N3O3. The van der Waals surface area contributed by atoms with Crippen LogP contribution >= 0.6 is 0 Å². The predicted molar refractivity (Wildman–Crippen MR) is 75.9 cm³/mol. The molecule has 0 aromatic heterocycles. The van der Waals surface area contributed by atoms with Gasteiger partial charge in [0.2, 0.25) is 5.91 Å². The van der Waals surface area contributed by atoms with Gasteiger partial charge in [-0.15, -0.1) is 0 Å². The van der Waals surface area contributed by atoms with Crippen molar-refractivity contribution in [3.8, 4) is 0 Å². The highest BCUT2D eigenvalue weighted by Crippen LogP contribution is 2.37. The highest BCUT2D eigenvalue weighted by Gasteiger charge is 2.28. The molecular weight excluding hydrogens is 258 g/mol. The minimum atomic E-state index is -0.384. The lowest BCUT2D eigenvalue weighted by Gasteiger charge is -2.19. The highest BCUT2D eigenvalue weighted by molar-refractivity contribution is 6.00. The first kappa shape index (κ1) is 12.9. The van der Waals surface area contributed by atoms with Gasteiger partial charge in [0.15, 0.2) is 0 Å². The second kappa shape index (κ2) is 4.77. The van der Waals surface area contributed by atoms with Gasteiger partial charge in [-0.1, -0.05) is 13.3 Å². The molecule has 1 amide bonds. The molecule has 0 spiro atoms. The summed E-state index contributed by atoms with van der Waals surface area (Å²) in [6.45, 7) is 2.16. The number of benzene rings is 1. The maximum absolute atomic E-state index is 11.4. The van der Waals surface area contributed by atoms with E-state index in [1.54, 1.807) is 6.07 Å². The Bertz CT molecular complexity index is 585. The SMILES string of the molecule is CC1CCCC1Nc1cc2c(cc1[N+](=O)[O-])CC(=O)N2. The molecule has 0 bridgehead atoms. The molecule has 2 atom stereocenters. The summed E-state index contributed by atoms with van der Waals surface area (Å²) in [6, 6.07) is 3.47. The number of nitrogens with one attached hydrogen (secondary N) is 2. The molecule has 6 nitrogen and oxygen atoms in total. The van der Waals surface area contributed by atoms with E-state index in [1.807, 2.05) is 0 Å². The first-order valence-corrected chi connectivity index (χ1v) is 6.92. The second-order valence-electron chi connectivity index (χ2n) is 5.67. The number of nitro groups is 1. The van der Waals surface area contributed by atoms with Crippen molar-refractivity contribution in [1.82, 2.24) is 0 Å². The van der Waals surface area contributed by atoms with Crippen molar-refractivity contribution in [2.45, 2.75) is 38.6 Å². The summed E-state index contributed by atoms with van der Waals surface area (Å²) in [4.78, 5) is 22.2. The molecule has 2 unspecified atom stereocenters. The Labute approximate surface area is 116 Å². The van der Waals surface area contributed by atoms with Crippen molar-refractivity contribution >= 4 is 23.0 Å². The van der Waals surface area contributed by atoms with Gasteiger partial charge in [-0.3, -0.25) is 14.9 Å². The largest absolute Gasteiger partial charge is 0.376 e. The molecule has 2 aliphatic rings. The molecule has 2 N–H and O–H groups in total. The Hall–Kier alpha value is -2.11. The minimum absolute atomic E-state index is 0.0550. The topological polar surface area (TPSA) is 84.3 Å². The van der Waals surface area contributed by atoms with Gasteiger partial charge < -0.3 is 10.6 Å². The summed E-state index contributed by atoms with van der Waals surface area (Å²) in [5.74, 6) is 0.401. The van der Waals surface area contributed by atoms with Gasteiger partial charge in [0, 0.05) is 17.8 Å². The molecule has 1 aromatic rings. The smallest absolute Gasteiger partial charge is 0.292 e. The quantitative estimate of drug-likeness (QED) is 0.656. The number of carbonyl (C=O) groups excluding carboxylic acids is 1. The Balaban J connectivity index is 1.94. The lowest BCUT2D eigenvalue weighted by Crippen LogP contribution is -2.22. The summed E-state index contributed by atoms with van der Waals surface area (Å²) in [7, 11) is 0. The third-order valence-corrected chi connectivity index (χ3v) is 4.25. The van der Waals surface area contributed by atoms with Crippen LogP contribution in [0, 0.1) is 16.0 Å². The fraction of sp³-hybridized carbons (Fsp3) is 0.500. The summed E-state index contributed by atoms with van der Waals surface area (Å²) in [6.07, 6.45) is 3.54. The zero-order valence-electron chi connectivity index (χ0n) is 11.3. The molecule has 1 fully saturated rings. The van der Waals surface area contributed by atoms with Crippen molar-refractivity contribution in [2.75, 3.05) is 10.6 Å². The van der Waals surface area contributed by atoms with Crippen LogP contribution in [-0.2, 0) is 11.2 Å². The van der Waals surface area contributed by atoms with Crippen molar-refractivity contribution in [2.24, 2.45) is 5.92 Å². The molecule has 1 aliphatic carbocycles. The summed E-state index contributed by atoms with van der Waals surface area (Å²) in [5, 5.41) is 17.2. The number of hydrogen-bond acceptors (Lipinski definition) is 4. The summed E-state index contributed by atoms with van der Waals surface area (Å²) < 4.78 is 0. The van der Waals surface area contributed by atoms with Gasteiger partial charge in [-0.2, -0.15) is 0 Å². The lowest BCUT2D eigenvalue weighted by atomic mass is 10.0. The molecule has 0 saturated heterocycles. The standard InChI is InChI=1S/C14H17N3O3/c1-8-3-2-4-10(8)15-12-7-11-9(6-14(18)16-11)5-13(12)17(19)20/h5,7-8,10,15H,2-4,6H2,1H3,(H,16,18). The lowest BCUT2D eigenvalue weighted by molar-refractivity contribution is -0.384. The third-order valence-electron chi connectivity index (χ3n) is 4.25. The van der Waals surface area contributed by atoms with E-state index >= 15 is 0 Å². The van der Waals surface area contributed by atoms with E-state index in [1.165, 1.54) is 6.07 Å². The minimum Gasteiger partial charge on any atom is -0.376 e. The number of hydrogen-bond donors (Lipinski definition) is 2. The van der Waals surface area contributed by atoms with Gasteiger partial charge in [-0.25, -0.2) is 0 Å². The maximum atomic E-state index is 11.4. The molecule has 1 saturated carbocycles. The number of fused-ring (bicyclic) bond motifs is 1. The maximum Gasteiger partial charge on any atom is 0.292 e. The van der Waals surface area contributed by atoms with Gasteiger partial charge >= 0.3 is 0 Å². The number of nitrogens with zero attached hydrogens (tertiary/aromatic N) is 1. The van der Waals surface area contributed by atoms with E-state index in [0.29, 0.717) is 22.9 Å². The van der Waals surface area contributed by atoms with Gasteiger partial charge in [0.1, 0.15) is 5.69 Å². The molecule has 1 heterocycles. The van der Waals surface area contributed by atoms with Crippen LogP contribution < -0.4 is 10.6 Å². The number of carbonyl (C=O) groups is 1. The van der Waals surface area contributed by atoms with E-state index < -0.39 is 0 Å². The average Bonchev–Trinajstić information content (AvgIpc) is 2.93. The summed E-state index contributed by atoms with van der Waals surface area (Å²) >= 11 is 0. The fourth-order valence-electron chi connectivity index (χ4n) is 3.09. The predicted octanol–water partition coefficient (Wildman–Crippen LogP) is 2.69. The van der Waals surface area contributed by atoms with Crippen molar-refractivity contribution in [3.63, 3.8) is 0 Å². The van der Waals surface area contributed by atoms with E-state index in [2.05, 4.69) is 17.6 Å². The molecule has 0 radical (unpaired) electrons. The molecule has 20 heavy (non-hydrogen) atoms. The molecule has 3 rings (SSSR count). The fourth-order valence-corrected chi connectivity index (χ4v) is 3.09. The number of nitro benzene ring substituents is 1. The van der Waals surface area contributed by atoms with Crippen molar-refractivity contribution in [3.05, 3.63) is 27.8 Å². The molecule has 106 valence electrons. The van der Waals surface area contributed by atoms with Crippen LogP contribution in [0.15, 0.2) is 12.1 Å². The van der Waals surface area contributed by atoms with E-state index in [4.69, 9.17) is 0 Å². The van der Waals surface area contributed by atoms with Gasteiger partial charge in [0.05, 0.1) is 11.3 Å². The number of rotatable bonds is 3. The van der Waals surface area contributed by atoms with Gasteiger partial charge in [-0.05, 0) is 30.4 Å². The first-order chi connectivity index (χ1) is 9.54. The molecule has 6 heteroatoms. The monoisotopic (exact) mass is 275 g/mol.